The summed E-state index contributed by atoms with van der Waals surface area (Å²) in [6, 6.07) is 8.19. The van der Waals surface area contributed by atoms with E-state index >= 15 is 0 Å². The monoisotopic (exact) mass is 387 g/mol. The zero-order chi connectivity index (χ0) is 18.8. The van der Waals surface area contributed by atoms with E-state index in [-0.39, 0.29) is 12.1 Å². The Labute approximate surface area is 164 Å². The lowest BCUT2D eigenvalue weighted by atomic mass is 10.2. The number of hydrogen-bond donors (Lipinski definition) is 1. The number of urea groups is 1. The molecule has 1 aliphatic carbocycles. The van der Waals surface area contributed by atoms with Crippen LogP contribution < -0.4 is 5.32 Å². The van der Waals surface area contributed by atoms with E-state index in [1.807, 2.05) is 36.1 Å². The Balaban J connectivity index is 1.53. The molecule has 1 aliphatic heterocycles. The van der Waals surface area contributed by atoms with Crippen LogP contribution in [0.1, 0.15) is 61.8 Å². The minimum Gasteiger partial charge on any atom is -0.335 e. The largest absolute Gasteiger partial charge is 0.335 e. The van der Waals surface area contributed by atoms with E-state index < -0.39 is 0 Å². The van der Waals surface area contributed by atoms with E-state index in [2.05, 4.69) is 20.1 Å². The van der Waals surface area contributed by atoms with Gasteiger partial charge >= 0.3 is 6.03 Å². The van der Waals surface area contributed by atoms with Gasteiger partial charge in [-0.05, 0) is 50.3 Å². The van der Waals surface area contributed by atoms with Crippen LogP contribution in [0.4, 0.5) is 4.79 Å². The molecule has 1 aromatic heterocycles. The number of aryl methyl sites for hydroxylation is 1. The zero-order valence-corrected chi connectivity index (χ0v) is 16.5. The lowest BCUT2D eigenvalue weighted by Crippen LogP contribution is -2.44. The summed E-state index contributed by atoms with van der Waals surface area (Å²) in [5, 5.41) is 12.7. The first-order chi connectivity index (χ1) is 13.1. The van der Waals surface area contributed by atoms with Crippen molar-refractivity contribution in [1.82, 2.24) is 25.0 Å². The molecule has 0 spiro atoms. The Morgan fingerprint density at radius 1 is 1.15 bits per heavy atom. The Hall–Kier alpha value is -2.08. The standard InChI is InChI=1S/C20H26ClN5O/c1-14-23-24-19(26(14)13-15-8-10-16(21)11-9-15)18-7-4-12-25(18)20(27)22-17-5-2-3-6-17/h8-11,17-18H,2-7,12-13H2,1H3,(H,22,27). The fraction of sp³-hybridized carbons (Fsp3) is 0.550. The Kier molecular flexibility index (Phi) is 5.34. The van der Waals surface area contributed by atoms with Gasteiger partial charge in [0.25, 0.3) is 0 Å². The molecule has 1 saturated heterocycles. The highest BCUT2D eigenvalue weighted by Gasteiger charge is 2.35. The summed E-state index contributed by atoms with van der Waals surface area (Å²) in [6.07, 6.45) is 6.53. The van der Waals surface area contributed by atoms with Gasteiger partial charge in [0.05, 0.1) is 12.6 Å². The predicted octanol–water partition coefficient (Wildman–Crippen LogP) is 4.08. The molecule has 7 heteroatoms. The molecule has 6 nitrogen and oxygen atoms in total. The summed E-state index contributed by atoms with van der Waals surface area (Å²) in [6.45, 7) is 3.42. The molecule has 1 unspecified atom stereocenters. The number of halogens is 1. The molecule has 2 heterocycles. The molecular formula is C20H26ClN5O. The number of rotatable bonds is 4. The quantitative estimate of drug-likeness (QED) is 0.859. The van der Waals surface area contributed by atoms with Gasteiger partial charge < -0.3 is 14.8 Å². The number of nitrogens with one attached hydrogen (secondary N) is 1. The van der Waals surface area contributed by atoms with Crippen LogP contribution in [0.5, 0.6) is 0 Å². The maximum Gasteiger partial charge on any atom is 0.318 e. The van der Waals surface area contributed by atoms with E-state index in [0.29, 0.717) is 12.6 Å². The Bertz CT molecular complexity index is 797. The number of amides is 2. The lowest BCUT2D eigenvalue weighted by Gasteiger charge is -2.26. The van der Waals surface area contributed by atoms with Gasteiger partial charge in [0.15, 0.2) is 5.82 Å². The molecule has 0 radical (unpaired) electrons. The van der Waals surface area contributed by atoms with Gasteiger partial charge in [-0.25, -0.2) is 4.79 Å². The van der Waals surface area contributed by atoms with Gasteiger partial charge in [-0.1, -0.05) is 36.6 Å². The van der Waals surface area contributed by atoms with Crippen molar-refractivity contribution < 1.29 is 4.79 Å². The molecule has 2 fully saturated rings. The lowest BCUT2D eigenvalue weighted by molar-refractivity contribution is 0.186. The third kappa shape index (κ3) is 3.95. The van der Waals surface area contributed by atoms with Gasteiger partial charge in [-0.3, -0.25) is 0 Å². The van der Waals surface area contributed by atoms with Crippen molar-refractivity contribution >= 4 is 17.6 Å². The molecule has 2 aliphatic rings. The van der Waals surface area contributed by atoms with Crippen molar-refractivity contribution in [3.8, 4) is 0 Å². The second kappa shape index (κ2) is 7.89. The number of hydrogen-bond acceptors (Lipinski definition) is 3. The van der Waals surface area contributed by atoms with E-state index in [1.54, 1.807) is 0 Å². The summed E-state index contributed by atoms with van der Waals surface area (Å²) >= 11 is 6.00. The second-order valence-corrected chi connectivity index (χ2v) is 8.04. The SMILES string of the molecule is Cc1nnc(C2CCCN2C(=O)NC2CCCC2)n1Cc1ccc(Cl)cc1. The summed E-state index contributed by atoms with van der Waals surface area (Å²) in [5.74, 6) is 1.74. The van der Waals surface area contributed by atoms with Gasteiger partial charge in [-0.15, -0.1) is 10.2 Å². The topological polar surface area (TPSA) is 63.1 Å². The molecule has 1 saturated carbocycles. The second-order valence-electron chi connectivity index (χ2n) is 7.60. The van der Waals surface area contributed by atoms with Crippen LogP contribution in [0, 0.1) is 6.92 Å². The highest BCUT2D eigenvalue weighted by Crippen LogP contribution is 2.32. The van der Waals surface area contributed by atoms with E-state index in [1.165, 1.54) is 12.8 Å². The predicted molar refractivity (Wildman–Crippen MR) is 105 cm³/mol. The Morgan fingerprint density at radius 3 is 2.63 bits per heavy atom. The van der Waals surface area contributed by atoms with Gasteiger partial charge in [0, 0.05) is 17.6 Å². The van der Waals surface area contributed by atoms with E-state index in [0.717, 1.165) is 54.5 Å². The summed E-state index contributed by atoms with van der Waals surface area (Å²) in [4.78, 5) is 14.8. The van der Waals surface area contributed by atoms with Crippen LogP contribution in [-0.2, 0) is 6.54 Å². The molecule has 0 bridgehead atoms. The normalized spacial score (nSPS) is 20.4. The Morgan fingerprint density at radius 2 is 1.89 bits per heavy atom. The minimum atomic E-state index is -0.0140. The minimum absolute atomic E-state index is 0.0140. The zero-order valence-electron chi connectivity index (χ0n) is 15.7. The first kappa shape index (κ1) is 18.3. The number of likely N-dealkylation sites (tertiary alicyclic amines) is 1. The molecule has 144 valence electrons. The third-order valence-corrected chi connectivity index (χ3v) is 5.96. The molecule has 1 atom stereocenters. The first-order valence-corrected chi connectivity index (χ1v) is 10.2. The third-order valence-electron chi connectivity index (χ3n) is 5.71. The molecular weight excluding hydrogens is 362 g/mol. The van der Waals surface area contributed by atoms with E-state index in [9.17, 15) is 4.79 Å². The number of nitrogens with zero attached hydrogens (tertiary/aromatic N) is 4. The molecule has 1 aromatic carbocycles. The first-order valence-electron chi connectivity index (χ1n) is 9.83. The number of aromatic nitrogens is 3. The van der Waals surface area contributed by atoms with Crippen molar-refractivity contribution in [1.29, 1.82) is 0 Å². The highest BCUT2D eigenvalue weighted by atomic mass is 35.5. The average molecular weight is 388 g/mol. The van der Waals surface area contributed by atoms with Gasteiger partial charge in [0.2, 0.25) is 0 Å². The van der Waals surface area contributed by atoms with Crippen LogP contribution in [0.2, 0.25) is 5.02 Å². The van der Waals surface area contributed by atoms with Crippen LogP contribution in [0.3, 0.4) is 0 Å². The number of carbonyl (C=O) groups is 1. The maximum absolute atomic E-state index is 12.8. The molecule has 4 rings (SSSR count). The van der Waals surface area contributed by atoms with Crippen LogP contribution in [0.15, 0.2) is 24.3 Å². The number of benzene rings is 1. The van der Waals surface area contributed by atoms with Crippen molar-refractivity contribution in [2.24, 2.45) is 0 Å². The molecule has 2 aromatic rings. The van der Waals surface area contributed by atoms with Crippen LogP contribution >= 0.6 is 11.6 Å². The molecule has 27 heavy (non-hydrogen) atoms. The number of carbonyl (C=O) groups excluding carboxylic acids is 1. The average Bonchev–Trinajstić information content (AvgIpc) is 3.39. The maximum atomic E-state index is 12.8. The van der Waals surface area contributed by atoms with Crippen molar-refractivity contribution in [2.45, 2.75) is 64.1 Å². The van der Waals surface area contributed by atoms with E-state index in [4.69, 9.17) is 11.6 Å². The van der Waals surface area contributed by atoms with Gasteiger partial charge in [0.1, 0.15) is 5.82 Å². The van der Waals surface area contributed by atoms with Crippen LogP contribution in [0.25, 0.3) is 0 Å². The summed E-state index contributed by atoms with van der Waals surface area (Å²) < 4.78 is 2.12. The highest BCUT2D eigenvalue weighted by molar-refractivity contribution is 6.30. The molecule has 1 N–H and O–H groups in total. The van der Waals surface area contributed by atoms with Crippen molar-refractivity contribution in [3.63, 3.8) is 0 Å². The van der Waals surface area contributed by atoms with Crippen molar-refractivity contribution in [2.75, 3.05) is 6.54 Å². The fourth-order valence-electron chi connectivity index (χ4n) is 4.22. The fourth-order valence-corrected chi connectivity index (χ4v) is 4.34. The van der Waals surface area contributed by atoms with Gasteiger partial charge in [-0.2, -0.15) is 0 Å². The molecule has 2 amide bonds. The summed E-state index contributed by atoms with van der Waals surface area (Å²) in [5.41, 5.74) is 1.14. The smallest absolute Gasteiger partial charge is 0.318 e. The summed E-state index contributed by atoms with van der Waals surface area (Å²) in [7, 11) is 0. The van der Waals surface area contributed by atoms with Crippen molar-refractivity contribution in [3.05, 3.63) is 46.5 Å². The van der Waals surface area contributed by atoms with Crippen LogP contribution in [-0.4, -0.2) is 38.3 Å².